The van der Waals surface area contributed by atoms with Gasteiger partial charge in [0.05, 0.1) is 40.2 Å². The van der Waals surface area contributed by atoms with E-state index in [9.17, 15) is 0 Å². The van der Waals surface area contributed by atoms with Crippen LogP contribution in [0.4, 0.5) is 0 Å². The molecule has 10 aromatic rings. The fraction of sp³-hybridized carbons (Fsp3) is 0.0233. The summed E-state index contributed by atoms with van der Waals surface area (Å²) >= 11 is 1.28. The first-order valence-corrected chi connectivity index (χ1v) is 18.6. The highest BCUT2D eigenvalue weighted by atomic mass is 32.1. The minimum Gasteiger partial charge on any atom is -0.356 e. The van der Waals surface area contributed by atoms with Gasteiger partial charge in [-0.1, -0.05) is 34.8 Å². The minimum absolute atomic E-state index is 0.466. The summed E-state index contributed by atoms with van der Waals surface area (Å²) < 4.78 is 6.55. The number of hydrogen-bond acceptors (Lipinski definition) is 11. The number of H-pyrrole nitrogens is 1. The smallest absolute Gasteiger partial charge is 0.172 e. The van der Waals surface area contributed by atoms with E-state index < -0.39 is 5.54 Å². The highest BCUT2D eigenvalue weighted by molar-refractivity contribution is 7.03. The van der Waals surface area contributed by atoms with Crippen molar-refractivity contribution in [2.75, 3.05) is 0 Å². The van der Waals surface area contributed by atoms with Gasteiger partial charge in [-0.15, -0.1) is 5.10 Å². The van der Waals surface area contributed by atoms with Crippen LogP contribution in [-0.2, 0) is 5.54 Å². The molecule has 12 nitrogen and oxygen atoms in total. The second-order valence-corrected chi connectivity index (χ2v) is 13.8. The van der Waals surface area contributed by atoms with Crippen LogP contribution in [0.15, 0.2) is 157 Å². The maximum atomic E-state index is 5.95. The molecule has 1 aliphatic rings. The van der Waals surface area contributed by atoms with Crippen molar-refractivity contribution in [3.05, 3.63) is 180 Å². The first kappa shape index (κ1) is 31.8. The van der Waals surface area contributed by atoms with Crippen molar-refractivity contribution >= 4 is 33.7 Å². The van der Waals surface area contributed by atoms with E-state index in [1.54, 1.807) is 49.4 Å². The predicted octanol–water partition coefficient (Wildman–Crippen LogP) is 7.85. The molecule has 1 unspecified atom stereocenters. The number of nitrogens with one attached hydrogen (secondary N) is 1. The fourth-order valence-corrected chi connectivity index (χ4v) is 8.48. The number of nitrogens with zero attached hydrogens (tertiary/aromatic N) is 11. The molecule has 0 spiro atoms. The molecule has 0 bridgehead atoms. The van der Waals surface area contributed by atoms with Crippen LogP contribution in [0, 0.1) is 0 Å². The molecule has 13 heteroatoms. The van der Waals surface area contributed by atoms with E-state index in [0.29, 0.717) is 39.7 Å². The highest BCUT2D eigenvalue weighted by Crippen LogP contribution is 2.58. The number of rotatable bonds is 7. The topological polar surface area (TPSA) is 149 Å². The predicted molar refractivity (Wildman–Crippen MR) is 214 cm³/mol. The van der Waals surface area contributed by atoms with Gasteiger partial charge in [0.15, 0.2) is 11.4 Å². The Morgan fingerprint density at radius 3 is 2.27 bits per heavy atom. The van der Waals surface area contributed by atoms with Crippen molar-refractivity contribution in [3.8, 4) is 45.2 Å². The van der Waals surface area contributed by atoms with E-state index in [-0.39, 0.29) is 0 Å². The quantitative estimate of drug-likeness (QED) is 0.172. The Labute approximate surface area is 322 Å². The van der Waals surface area contributed by atoms with Crippen LogP contribution in [0.3, 0.4) is 0 Å². The van der Waals surface area contributed by atoms with Gasteiger partial charge in [0.1, 0.15) is 5.69 Å². The Balaban J connectivity index is 1.45. The van der Waals surface area contributed by atoms with Crippen molar-refractivity contribution in [2.45, 2.75) is 5.54 Å². The van der Waals surface area contributed by atoms with Gasteiger partial charge in [-0.25, -0.2) is 9.97 Å². The van der Waals surface area contributed by atoms with Crippen molar-refractivity contribution < 1.29 is 0 Å². The average Bonchev–Trinajstić information content (AvgIpc) is 4.10. The standard InChI is InChI=1S/C43H26N12S/c1-2-10-28-26(9-1)23-33(50-28)43(34-25-56-54-53-34)40-37(29-11-3-5-15-45-29)35(30-12-7-18-49-52-30)38(42-47-16-8-17-48-42)36(31-24-44-19-20-46-31)39(40)41(51-43)27-14-22-55-21-6-4-13-32(27)55/h1-25,50H. The van der Waals surface area contributed by atoms with E-state index >= 15 is 0 Å². The third-order valence-electron chi connectivity index (χ3n) is 10.2. The van der Waals surface area contributed by atoms with Gasteiger partial charge in [-0.3, -0.25) is 19.9 Å². The Morgan fingerprint density at radius 1 is 0.625 bits per heavy atom. The molecule has 56 heavy (non-hydrogen) atoms. The minimum atomic E-state index is -1.28. The van der Waals surface area contributed by atoms with Crippen molar-refractivity contribution in [1.82, 2.24) is 54.1 Å². The lowest BCUT2D eigenvalue weighted by Crippen LogP contribution is -2.28. The summed E-state index contributed by atoms with van der Waals surface area (Å²) in [4.78, 5) is 34.2. The zero-order chi connectivity index (χ0) is 37.1. The molecule has 0 saturated carbocycles. The molecule has 1 N–H and O–H groups in total. The molecule has 9 heterocycles. The molecular weight excluding hydrogens is 717 g/mol. The third-order valence-corrected chi connectivity index (χ3v) is 10.7. The largest absolute Gasteiger partial charge is 0.356 e. The summed E-state index contributed by atoms with van der Waals surface area (Å²) in [6.45, 7) is 0. The van der Waals surface area contributed by atoms with Crippen LogP contribution in [0.5, 0.6) is 0 Å². The summed E-state index contributed by atoms with van der Waals surface area (Å²) in [7, 11) is 0. The second kappa shape index (κ2) is 12.7. The maximum absolute atomic E-state index is 5.95. The molecule has 0 radical (unpaired) electrons. The first-order valence-electron chi connectivity index (χ1n) is 17.8. The van der Waals surface area contributed by atoms with Crippen LogP contribution in [-0.4, -0.2) is 59.8 Å². The monoisotopic (exact) mass is 742 g/mol. The number of aromatic nitrogens is 11. The summed E-state index contributed by atoms with van der Waals surface area (Å²) in [5.41, 5.74) is 10.2. The molecule has 0 saturated heterocycles. The molecule has 11 rings (SSSR count). The summed E-state index contributed by atoms with van der Waals surface area (Å²) in [6.07, 6.45) is 16.2. The number of hydrogen-bond donors (Lipinski definition) is 1. The average molecular weight is 743 g/mol. The van der Waals surface area contributed by atoms with E-state index in [4.69, 9.17) is 35.1 Å². The number of aromatic amines is 1. The zero-order valence-electron chi connectivity index (χ0n) is 29.3. The number of fused-ring (bicyclic) bond motifs is 3. The number of pyridine rings is 2. The van der Waals surface area contributed by atoms with Crippen LogP contribution in [0.25, 0.3) is 61.6 Å². The lowest BCUT2D eigenvalue weighted by atomic mass is 9.73. The molecule has 0 aliphatic carbocycles. The lowest BCUT2D eigenvalue weighted by Gasteiger charge is -2.30. The molecule has 264 valence electrons. The van der Waals surface area contributed by atoms with Gasteiger partial charge in [-0.05, 0) is 77.6 Å². The molecule has 0 fully saturated rings. The van der Waals surface area contributed by atoms with Crippen LogP contribution < -0.4 is 0 Å². The van der Waals surface area contributed by atoms with Gasteiger partial charge >= 0.3 is 0 Å². The molecule has 0 amide bonds. The Bertz CT molecular complexity index is 3040. The number of aliphatic imine (C=N–C) groups is 1. The van der Waals surface area contributed by atoms with Gasteiger partial charge in [0.25, 0.3) is 0 Å². The number of para-hydroxylation sites is 1. The Morgan fingerprint density at radius 2 is 1.46 bits per heavy atom. The summed E-state index contributed by atoms with van der Waals surface area (Å²) in [6, 6.07) is 30.1. The SMILES string of the molecule is c1ccc(-c2c(-c3cccnn3)c(-c3ncccn3)c(-c3cnccn3)c3c2C(c2csnn2)(c2cc4ccccc4[nH]2)N=C3c2ccn3ccccc23)nc1. The van der Waals surface area contributed by atoms with E-state index in [1.807, 2.05) is 66.2 Å². The Kier molecular flexibility index (Phi) is 7.25. The summed E-state index contributed by atoms with van der Waals surface area (Å²) in [5.74, 6) is 0.466. The van der Waals surface area contributed by atoms with Gasteiger partial charge in [0, 0.05) is 99.4 Å². The van der Waals surface area contributed by atoms with Gasteiger partial charge in [-0.2, -0.15) is 10.2 Å². The van der Waals surface area contributed by atoms with Gasteiger partial charge < -0.3 is 9.38 Å². The Hall–Kier alpha value is -7.64. The van der Waals surface area contributed by atoms with Crippen LogP contribution in [0.1, 0.15) is 28.1 Å². The molecular formula is C43H26N12S. The molecule has 8 aromatic heterocycles. The van der Waals surface area contributed by atoms with Crippen LogP contribution in [0.2, 0.25) is 0 Å². The van der Waals surface area contributed by atoms with E-state index in [2.05, 4.69) is 60.5 Å². The van der Waals surface area contributed by atoms with Gasteiger partial charge in [0.2, 0.25) is 0 Å². The van der Waals surface area contributed by atoms with Crippen molar-refractivity contribution in [3.63, 3.8) is 0 Å². The van der Waals surface area contributed by atoms with E-state index in [1.165, 1.54) is 11.5 Å². The first-order chi connectivity index (χ1) is 27.8. The normalized spacial score (nSPS) is 15.0. The summed E-state index contributed by atoms with van der Waals surface area (Å²) in [5, 5.41) is 17.0. The third kappa shape index (κ3) is 4.77. The molecule has 2 aromatic carbocycles. The maximum Gasteiger partial charge on any atom is 0.172 e. The van der Waals surface area contributed by atoms with Crippen molar-refractivity contribution in [2.24, 2.45) is 4.99 Å². The van der Waals surface area contributed by atoms with Crippen molar-refractivity contribution in [1.29, 1.82) is 0 Å². The molecule has 1 atom stereocenters. The number of benzene rings is 2. The van der Waals surface area contributed by atoms with E-state index in [0.717, 1.165) is 55.6 Å². The molecule has 1 aliphatic heterocycles. The highest BCUT2D eigenvalue weighted by Gasteiger charge is 2.52. The lowest BCUT2D eigenvalue weighted by molar-refractivity contribution is 0.628. The second-order valence-electron chi connectivity index (χ2n) is 13.2. The van der Waals surface area contributed by atoms with Crippen LogP contribution >= 0.6 is 11.5 Å². The fourth-order valence-electron chi connectivity index (χ4n) is 7.98. The zero-order valence-corrected chi connectivity index (χ0v) is 30.1.